The highest BCUT2D eigenvalue weighted by molar-refractivity contribution is 7.92. The summed E-state index contributed by atoms with van der Waals surface area (Å²) >= 11 is 0. The van der Waals surface area contributed by atoms with Crippen molar-refractivity contribution in [2.45, 2.75) is 96.7 Å². The average molecular weight is 594 g/mol. The SMILES string of the molecule is CCC(C)NC(=O)C(C)N(Cc1ccccc1C)C(=O)CN(c1ccc(C23CC4CC(CC(C4)C2)C3)cc1)S(C)(=O)=O. The molecule has 4 saturated carbocycles. The van der Waals surface area contributed by atoms with Gasteiger partial charge in [0.2, 0.25) is 21.8 Å². The topological polar surface area (TPSA) is 86.8 Å². The molecule has 4 bridgehead atoms. The third kappa shape index (κ3) is 6.38. The maximum Gasteiger partial charge on any atom is 0.244 e. The molecule has 0 heterocycles. The van der Waals surface area contributed by atoms with Gasteiger partial charge in [0.15, 0.2) is 0 Å². The molecule has 4 aliphatic carbocycles. The molecule has 228 valence electrons. The largest absolute Gasteiger partial charge is 0.352 e. The highest BCUT2D eigenvalue weighted by Gasteiger charge is 2.51. The Kier molecular flexibility index (Phi) is 8.75. The first-order valence-corrected chi connectivity index (χ1v) is 17.5. The van der Waals surface area contributed by atoms with Gasteiger partial charge in [-0.15, -0.1) is 0 Å². The van der Waals surface area contributed by atoms with E-state index in [4.69, 9.17) is 0 Å². The molecule has 0 radical (unpaired) electrons. The summed E-state index contributed by atoms with van der Waals surface area (Å²) in [6.07, 6.45) is 9.71. The number of carbonyl (C=O) groups excluding carboxylic acids is 2. The first-order chi connectivity index (χ1) is 19.9. The molecule has 0 spiro atoms. The summed E-state index contributed by atoms with van der Waals surface area (Å²) in [5.74, 6) is 1.79. The molecule has 0 aliphatic heterocycles. The summed E-state index contributed by atoms with van der Waals surface area (Å²) in [6, 6.07) is 14.9. The summed E-state index contributed by atoms with van der Waals surface area (Å²) in [5.41, 5.74) is 3.92. The Morgan fingerprint density at radius 1 is 0.952 bits per heavy atom. The molecule has 42 heavy (non-hydrogen) atoms. The van der Waals surface area contributed by atoms with Crippen LogP contribution in [0.25, 0.3) is 0 Å². The highest BCUT2D eigenvalue weighted by Crippen LogP contribution is 2.60. The lowest BCUT2D eigenvalue weighted by atomic mass is 9.48. The van der Waals surface area contributed by atoms with E-state index in [1.807, 2.05) is 57.2 Å². The molecule has 4 aliphatic rings. The fourth-order valence-electron chi connectivity index (χ4n) is 8.08. The van der Waals surface area contributed by atoms with Crippen LogP contribution in [0, 0.1) is 24.7 Å². The van der Waals surface area contributed by atoms with E-state index >= 15 is 0 Å². The summed E-state index contributed by atoms with van der Waals surface area (Å²) in [4.78, 5) is 28.6. The predicted molar refractivity (Wildman–Crippen MR) is 168 cm³/mol. The van der Waals surface area contributed by atoms with Gasteiger partial charge in [-0.3, -0.25) is 13.9 Å². The lowest BCUT2D eigenvalue weighted by Crippen LogP contribution is -2.52. The first kappa shape index (κ1) is 30.6. The lowest BCUT2D eigenvalue weighted by molar-refractivity contribution is -0.139. The molecule has 6 rings (SSSR count). The van der Waals surface area contributed by atoms with E-state index in [1.165, 1.54) is 53.3 Å². The monoisotopic (exact) mass is 593 g/mol. The van der Waals surface area contributed by atoms with Gasteiger partial charge in [-0.2, -0.15) is 0 Å². The van der Waals surface area contributed by atoms with E-state index in [0.29, 0.717) is 5.69 Å². The van der Waals surface area contributed by atoms with E-state index in [2.05, 4.69) is 17.4 Å². The molecule has 0 saturated heterocycles. The van der Waals surface area contributed by atoms with Crippen molar-refractivity contribution in [3.05, 3.63) is 65.2 Å². The Morgan fingerprint density at radius 2 is 1.52 bits per heavy atom. The van der Waals surface area contributed by atoms with Gasteiger partial charge in [0.1, 0.15) is 12.6 Å². The predicted octanol–water partition coefficient (Wildman–Crippen LogP) is 5.56. The third-order valence-electron chi connectivity index (χ3n) is 10.3. The van der Waals surface area contributed by atoms with E-state index in [0.717, 1.165) is 41.6 Å². The number of nitrogens with zero attached hydrogens (tertiary/aromatic N) is 2. The Bertz CT molecular complexity index is 1370. The Labute approximate surface area is 252 Å². The Balaban J connectivity index is 1.39. The number of anilines is 1. The smallest absolute Gasteiger partial charge is 0.244 e. The second kappa shape index (κ2) is 12.0. The van der Waals surface area contributed by atoms with Crippen LogP contribution in [0.4, 0.5) is 5.69 Å². The van der Waals surface area contributed by atoms with Crippen molar-refractivity contribution in [2.24, 2.45) is 17.8 Å². The Hall–Kier alpha value is -2.87. The van der Waals surface area contributed by atoms with E-state index in [1.54, 1.807) is 6.92 Å². The minimum atomic E-state index is -3.77. The molecule has 2 amide bonds. The van der Waals surface area contributed by atoms with Crippen LogP contribution in [0.1, 0.15) is 82.4 Å². The maximum absolute atomic E-state index is 13.9. The third-order valence-corrected chi connectivity index (χ3v) is 11.4. The van der Waals surface area contributed by atoms with Crippen LogP contribution < -0.4 is 9.62 Å². The van der Waals surface area contributed by atoms with E-state index in [-0.39, 0.29) is 30.5 Å². The van der Waals surface area contributed by atoms with Gasteiger partial charge in [0.05, 0.1) is 11.9 Å². The van der Waals surface area contributed by atoms with Gasteiger partial charge in [-0.05, 0) is 118 Å². The van der Waals surface area contributed by atoms with Crippen molar-refractivity contribution in [2.75, 3.05) is 17.1 Å². The molecular weight excluding hydrogens is 546 g/mol. The van der Waals surface area contributed by atoms with Gasteiger partial charge >= 0.3 is 0 Å². The van der Waals surface area contributed by atoms with Crippen LogP contribution in [0.5, 0.6) is 0 Å². The van der Waals surface area contributed by atoms with Gasteiger partial charge in [0, 0.05) is 12.6 Å². The van der Waals surface area contributed by atoms with Crippen molar-refractivity contribution in [3.8, 4) is 0 Å². The highest BCUT2D eigenvalue weighted by atomic mass is 32.2. The number of amides is 2. The number of benzene rings is 2. The first-order valence-electron chi connectivity index (χ1n) is 15.6. The zero-order chi connectivity index (χ0) is 30.2. The molecule has 2 aromatic carbocycles. The van der Waals surface area contributed by atoms with Crippen molar-refractivity contribution >= 4 is 27.5 Å². The van der Waals surface area contributed by atoms with Crippen molar-refractivity contribution < 1.29 is 18.0 Å². The van der Waals surface area contributed by atoms with Crippen molar-refractivity contribution in [1.29, 1.82) is 0 Å². The van der Waals surface area contributed by atoms with Crippen LogP contribution >= 0.6 is 0 Å². The van der Waals surface area contributed by atoms with Crippen molar-refractivity contribution in [3.63, 3.8) is 0 Å². The van der Waals surface area contributed by atoms with Crippen LogP contribution in [0.2, 0.25) is 0 Å². The lowest BCUT2D eigenvalue weighted by Gasteiger charge is -2.57. The van der Waals surface area contributed by atoms with Crippen LogP contribution in [-0.2, 0) is 31.6 Å². The number of hydrogen-bond donors (Lipinski definition) is 1. The van der Waals surface area contributed by atoms with E-state index < -0.39 is 22.0 Å². The molecule has 4 fully saturated rings. The average Bonchev–Trinajstić information content (AvgIpc) is 2.93. The quantitative estimate of drug-likeness (QED) is 0.370. The van der Waals surface area contributed by atoms with E-state index in [9.17, 15) is 18.0 Å². The molecule has 2 unspecified atom stereocenters. The molecule has 0 aromatic heterocycles. The zero-order valence-electron chi connectivity index (χ0n) is 25.8. The molecular formula is C34H47N3O4S. The second-order valence-corrected chi connectivity index (χ2v) is 15.4. The fraction of sp³-hybridized carbons (Fsp3) is 0.588. The molecule has 7 nitrogen and oxygen atoms in total. The van der Waals surface area contributed by atoms with Crippen LogP contribution in [0.15, 0.2) is 48.5 Å². The minimum absolute atomic E-state index is 0.0321. The number of carbonyl (C=O) groups is 2. The van der Waals surface area contributed by atoms with Gasteiger partial charge in [-0.25, -0.2) is 8.42 Å². The molecule has 2 aromatic rings. The fourth-order valence-corrected chi connectivity index (χ4v) is 8.93. The summed E-state index contributed by atoms with van der Waals surface area (Å²) in [6.45, 7) is 7.43. The molecule has 2 atom stereocenters. The number of aryl methyl sites for hydroxylation is 1. The summed E-state index contributed by atoms with van der Waals surface area (Å²) in [7, 11) is -3.77. The zero-order valence-corrected chi connectivity index (χ0v) is 26.6. The normalized spacial score (nSPS) is 26.0. The van der Waals surface area contributed by atoms with Gasteiger partial charge in [0.25, 0.3) is 0 Å². The summed E-state index contributed by atoms with van der Waals surface area (Å²) < 4.78 is 27.3. The standard InChI is InChI=1S/C34H47N3O4S/c1-6-24(3)35-33(39)25(4)36(21-29-10-8-7-9-23(29)2)32(38)22-37(42(5,40)41)31-13-11-30(12-14-31)34-18-26-15-27(19-34)17-28(16-26)20-34/h7-14,24-28H,6,15-22H2,1-5H3,(H,35,39). The van der Waals surface area contributed by atoms with Crippen LogP contribution in [-0.4, -0.2) is 50.0 Å². The Morgan fingerprint density at radius 3 is 2.05 bits per heavy atom. The van der Waals surface area contributed by atoms with Crippen LogP contribution in [0.3, 0.4) is 0 Å². The van der Waals surface area contributed by atoms with Crippen molar-refractivity contribution in [1.82, 2.24) is 10.2 Å². The maximum atomic E-state index is 13.9. The summed E-state index contributed by atoms with van der Waals surface area (Å²) in [5, 5.41) is 2.98. The number of nitrogens with one attached hydrogen (secondary N) is 1. The van der Waals surface area contributed by atoms with Gasteiger partial charge < -0.3 is 10.2 Å². The number of rotatable bonds is 11. The second-order valence-electron chi connectivity index (χ2n) is 13.5. The molecule has 8 heteroatoms. The van der Waals surface area contributed by atoms with Gasteiger partial charge in [-0.1, -0.05) is 43.3 Å². The minimum Gasteiger partial charge on any atom is -0.352 e. The molecule has 1 N–H and O–H groups in total. The number of hydrogen-bond acceptors (Lipinski definition) is 4. The number of sulfonamides is 1.